The molecule has 2 unspecified atom stereocenters. The van der Waals surface area contributed by atoms with E-state index in [0.29, 0.717) is 12.0 Å². The summed E-state index contributed by atoms with van der Waals surface area (Å²) in [5.74, 6) is 3.00. The fourth-order valence-corrected chi connectivity index (χ4v) is 3.00. The molecule has 1 fully saturated rings. The van der Waals surface area contributed by atoms with Crippen molar-refractivity contribution >= 4 is 11.6 Å². The van der Waals surface area contributed by atoms with E-state index in [2.05, 4.69) is 6.92 Å². The van der Waals surface area contributed by atoms with Gasteiger partial charge in [-0.25, -0.2) is 0 Å². The van der Waals surface area contributed by atoms with Crippen molar-refractivity contribution in [1.29, 1.82) is 0 Å². The lowest BCUT2D eigenvalue weighted by molar-refractivity contribution is 0.121. The third-order valence-corrected chi connectivity index (χ3v) is 4.31. The van der Waals surface area contributed by atoms with Gasteiger partial charge >= 0.3 is 0 Å². The van der Waals surface area contributed by atoms with Gasteiger partial charge in [0.1, 0.15) is 11.5 Å². The minimum atomic E-state index is 0.327. The Balaban J connectivity index is 2.08. The van der Waals surface area contributed by atoms with Crippen LogP contribution in [-0.4, -0.2) is 13.2 Å². The van der Waals surface area contributed by atoms with Crippen LogP contribution in [0.2, 0.25) is 0 Å². The Kier molecular flexibility index (Phi) is 5.38. The number of benzene rings is 1. The van der Waals surface area contributed by atoms with Crippen LogP contribution in [-0.2, 0) is 5.88 Å². The second-order valence-electron chi connectivity index (χ2n) is 5.29. The van der Waals surface area contributed by atoms with Crippen molar-refractivity contribution in [2.75, 3.05) is 7.11 Å². The van der Waals surface area contributed by atoms with E-state index in [1.165, 1.54) is 19.3 Å². The smallest absolute Gasteiger partial charge is 0.127 e. The summed E-state index contributed by atoms with van der Waals surface area (Å²) in [5, 5.41) is 0. The van der Waals surface area contributed by atoms with E-state index in [4.69, 9.17) is 21.1 Å². The lowest BCUT2D eigenvalue weighted by Gasteiger charge is -2.29. The van der Waals surface area contributed by atoms with E-state index in [1.54, 1.807) is 7.11 Å². The molecule has 0 N–H and O–H groups in total. The van der Waals surface area contributed by atoms with E-state index in [-0.39, 0.29) is 0 Å². The number of rotatable bonds is 5. The SMILES string of the molecule is CCC1CCCC(Oc2cc(OC)ccc2CCl)C1. The molecule has 3 heteroatoms. The number of hydrogen-bond acceptors (Lipinski definition) is 2. The number of hydrogen-bond donors (Lipinski definition) is 0. The van der Waals surface area contributed by atoms with Crippen molar-refractivity contribution < 1.29 is 9.47 Å². The van der Waals surface area contributed by atoms with Crippen molar-refractivity contribution in [3.8, 4) is 11.5 Å². The highest BCUT2D eigenvalue weighted by atomic mass is 35.5. The first-order valence-corrected chi connectivity index (χ1v) is 7.69. The van der Waals surface area contributed by atoms with Crippen molar-refractivity contribution in [3.05, 3.63) is 23.8 Å². The molecule has 0 bridgehead atoms. The highest BCUT2D eigenvalue weighted by molar-refractivity contribution is 6.17. The zero-order valence-electron chi connectivity index (χ0n) is 11.8. The third kappa shape index (κ3) is 3.79. The van der Waals surface area contributed by atoms with Crippen LogP contribution in [0.1, 0.15) is 44.6 Å². The molecule has 1 aromatic carbocycles. The van der Waals surface area contributed by atoms with Gasteiger partial charge in [0.15, 0.2) is 0 Å². The maximum absolute atomic E-state index is 6.19. The minimum absolute atomic E-state index is 0.327. The Morgan fingerprint density at radius 3 is 2.84 bits per heavy atom. The van der Waals surface area contributed by atoms with Crippen LogP contribution < -0.4 is 9.47 Å². The summed E-state index contributed by atoms with van der Waals surface area (Å²) in [6.45, 7) is 2.27. The van der Waals surface area contributed by atoms with Crippen LogP contribution in [0.25, 0.3) is 0 Å². The first kappa shape index (κ1) is 14.5. The fraction of sp³-hybridized carbons (Fsp3) is 0.625. The average molecular weight is 283 g/mol. The van der Waals surface area contributed by atoms with E-state index in [0.717, 1.165) is 35.8 Å². The summed E-state index contributed by atoms with van der Waals surface area (Å²) in [6.07, 6.45) is 6.50. The van der Waals surface area contributed by atoms with Crippen LogP contribution in [0.15, 0.2) is 18.2 Å². The van der Waals surface area contributed by atoms with Gasteiger partial charge in [-0.2, -0.15) is 0 Å². The fourth-order valence-electron chi connectivity index (χ4n) is 2.78. The molecule has 0 spiro atoms. The van der Waals surface area contributed by atoms with Crippen LogP contribution in [0.5, 0.6) is 11.5 Å². The summed E-state index contributed by atoms with van der Waals surface area (Å²) >= 11 is 5.98. The molecule has 0 aromatic heterocycles. The van der Waals surface area contributed by atoms with Gasteiger partial charge in [-0.05, 0) is 31.2 Å². The molecular formula is C16H23ClO2. The van der Waals surface area contributed by atoms with Crippen molar-refractivity contribution in [2.45, 2.75) is 51.0 Å². The average Bonchev–Trinajstić information content (AvgIpc) is 2.47. The lowest BCUT2D eigenvalue weighted by Crippen LogP contribution is -2.25. The van der Waals surface area contributed by atoms with Gasteiger partial charge in [-0.1, -0.05) is 25.8 Å². The van der Waals surface area contributed by atoms with Gasteiger partial charge in [0.2, 0.25) is 0 Å². The molecular weight excluding hydrogens is 260 g/mol. The van der Waals surface area contributed by atoms with Gasteiger partial charge in [-0.15, -0.1) is 11.6 Å². The summed E-state index contributed by atoms with van der Waals surface area (Å²) in [6, 6.07) is 5.87. The molecule has 1 aliphatic rings. The second kappa shape index (κ2) is 7.04. The van der Waals surface area contributed by atoms with Crippen molar-refractivity contribution in [2.24, 2.45) is 5.92 Å². The molecule has 0 radical (unpaired) electrons. The van der Waals surface area contributed by atoms with Crippen LogP contribution >= 0.6 is 11.6 Å². The molecule has 0 saturated heterocycles. The second-order valence-corrected chi connectivity index (χ2v) is 5.56. The van der Waals surface area contributed by atoms with Crippen LogP contribution in [0.3, 0.4) is 0 Å². The summed E-state index contributed by atoms with van der Waals surface area (Å²) in [5.41, 5.74) is 1.04. The van der Waals surface area contributed by atoms with Gasteiger partial charge in [0.05, 0.1) is 19.1 Å². The highest BCUT2D eigenvalue weighted by Crippen LogP contribution is 2.33. The molecule has 2 atom stereocenters. The molecule has 106 valence electrons. The van der Waals surface area contributed by atoms with Gasteiger partial charge < -0.3 is 9.47 Å². The standard InChI is InChI=1S/C16H23ClO2/c1-3-12-5-4-6-15(9-12)19-16-10-14(18-2)8-7-13(16)11-17/h7-8,10,12,15H,3-6,9,11H2,1-2H3. The molecule has 19 heavy (non-hydrogen) atoms. The Hall–Kier alpha value is -0.890. The van der Waals surface area contributed by atoms with E-state index >= 15 is 0 Å². The largest absolute Gasteiger partial charge is 0.497 e. The predicted octanol–water partition coefficient (Wildman–Crippen LogP) is 4.78. The molecule has 2 rings (SSSR count). The predicted molar refractivity (Wildman–Crippen MR) is 79.2 cm³/mol. The topological polar surface area (TPSA) is 18.5 Å². The maximum atomic E-state index is 6.19. The normalized spacial score (nSPS) is 23.1. The van der Waals surface area contributed by atoms with Crippen molar-refractivity contribution in [3.63, 3.8) is 0 Å². The summed E-state index contributed by atoms with van der Waals surface area (Å²) in [7, 11) is 1.67. The van der Waals surface area contributed by atoms with E-state index < -0.39 is 0 Å². The summed E-state index contributed by atoms with van der Waals surface area (Å²) in [4.78, 5) is 0. The Labute approximate surface area is 121 Å². The van der Waals surface area contributed by atoms with Gasteiger partial charge in [0.25, 0.3) is 0 Å². The third-order valence-electron chi connectivity index (χ3n) is 4.02. The van der Waals surface area contributed by atoms with E-state index in [1.807, 2.05) is 18.2 Å². The zero-order valence-corrected chi connectivity index (χ0v) is 12.6. The van der Waals surface area contributed by atoms with Gasteiger partial charge in [-0.3, -0.25) is 0 Å². The van der Waals surface area contributed by atoms with Crippen LogP contribution in [0, 0.1) is 5.92 Å². The highest BCUT2D eigenvalue weighted by Gasteiger charge is 2.22. The van der Waals surface area contributed by atoms with E-state index in [9.17, 15) is 0 Å². The number of halogens is 1. The van der Waals surface area contributed by atoms with Gasteiger partial charge in [0, 0.05) is 11.6 Å². The first-order chi connectivity index (χ1) is 9.26. The molecule has 0 aliphatic heterocycles. The Morgan fingerprint density at radius 1 is 1.32 bits per heavy atom. The first-order valence-electron chi connectivity index (χ1n) is 7.16. The molecule has 1 saturated carbocycles. The maximum Gasteiger partial charge on any atom is 0.127 e. The Morgan fingerprint density at radius 2 is 2.16 bits per heavy atom. The quantitative estimate of drug-likeness (QED) is 0.724. The molecule has 0 amide bonds. The molecule has 1 aromatic rings. The van der Waals surface area contributed by atoms with Crippen LogP contribution in [0.4, 0.5) is 0 Å². The molecule has 0 heterocycles. The molecule has 2 nitrogen and oxygen atoms in total. The summed E-state index contributed by atoms with van der Waals surface area (Å²) < 4.78 is 11.5. The number of alkyl halides is 1. The number of methoxy groups -OCH3 is 1. The lowest BCUT2D eigenvalue weighted by atomic mass is 9.85. The Bertz CT molecular complexity index is 406. The zero-order chi connectivity index (χ0) is 13.7. The molecule has 1 aliphatic carbocycles. The minimum Gasteiger partial charge on any atom is -0.497 e. The number of ether oxygens (including phenoxy) is 2. The van der Waals surface area contributed by atoms with Crippen molar-refractivity contribution in [1.82, 2.24) is 0 Å². The monoisotopic (exact) mass is 282 g/mol.